The topological polar surface area (TPSA) is 40.6 Å². The summed E-state index contributed by atoms with van der Waals surface area (Å²) in [5, 5.41) is 0. The van der Waals surface area contributed by atoms with Crippen LogP contribution >= 0.6 is 0 Å². The molecule has 4 nitrogen and oxygen atoms in total. The van der Waals surface area contributed by atoms with Crippen LogP contribution < -0.4 is 0 Å². The van der Waals surface area contributed by atoms with Gasteiger partial charge in [-0.1, -0.05) is 6.92 Å². The Labute approximate surface area is 116 Å². The van der Waals surface area contributed by atoms with Gasteiger partial charge in [0.25, 0.3) is 0 Å². The summed E-state index contributed by atoms with van der Waals surface area (Å²) < 4.78 is 0. The highest BCUT2D eigenvalue weighted by Gasteiger charge is 2.28. The van der Waals surface area contributed by atoms with E-state index in [-0.39, 0.29) is 18.2 Å². The molecule has 2 saturated heterocycles. The van der Waals surface area contributed by atoms with Gasteiger partial charge in [-0.2, -0.15) is 0 Å². The van der Waals surface area contributed by atoms with Crippen LogP contribution in [0, 0.1) is 0 Å². The Hall–Kier alpha value is -1.06. The Balaban J connectivity index is 1.86. The summed E-state index contributed by atoms with van der Waals surface area (Å²) in [5.41, 5.74) is 0. The normalized spacial score (nSPS) is 24.4. The maximum atomic E-state index is 12.3. The lowest BCUT2D eigenvalue weighted by atomic mass is 9.99. The van der Waals surface area contributed by atoms with Gasteiger partial charge in [0.2, 0.25) is 11.8 Å². The zero-order valence-electron chi connectivity index (χ0n) is 12.1. The molecule has 2 rings (SSSR count). The van der Waals surface area contributed by atoms with Crippen LogP contribution in [0.5, 0.6) is 0 Å². The Morgan fingerprint density at radius 3 is 2.32 bits per heavy atom. The first-order chi connectivity index (χ1) is 9.22. The van der Waals surface area contributed by atoms with Crippen LogP contribution in [0.25, 0.3) is 0 Å². The largest absolute Gasteiger partial charge is 0.342 e. The fourth-order valence-corrected chi connectivity index (χ4v) is 3.24. The van der Waals surface area contributed by atoms with Gasteiger partial charge in [-0.15, -0.1) is 0 Å². The number of amides is 2. The Morgan fingerprint density at radius 1 is 0.947 bits per heavy atom. The summed E-state index contributed by atoms with van der Waals surface area (Å²) in [6, 6.07) is 0.357. The molecule has 0 aromatic rings. The summed E-state index contributed by atoms with van der Waals surface area (Å²) in [6.45, 7) is 4.64. The van der Waals surface area contributed by atoms with Crippen LogP contribution in [-0.2, 0) is 9.59 Å². The van der Waals surface area contributed by atoms with Gasteiger partial charge in [-0.05, 0) is 44.9 Å². The second-order valence-corrected chi connectivity index (χ2v) is 5.76. The van der Waals surface area contributed by atoms with E-state index in [1.165, 1.54) is 12.8 Å². The molecular formula is C15H26N2O2. The van der Waals surface area contributed by atoms with Crippen molar-refractivity contribution in [3.63, 3.8) is 0 Å². The van der Waals surface area contributed by atoms with E-state index in [9.17, 15) is 9.59 Å². The molecule has 2 fully saturated rings. The van der Waals surface area contributed by atoms with Crippen molar-refractivity contribution in [2.75, 3.05) is 19.6 Å². The lowest BCUT2D eigenvalue weighted by Gasteiger charge is -2.36. The van der Waals surface area contributed by atoms with Crippen molar-refractivity contribution >= 4 is 11.8 Å². The minimum absolute atomic E-state index is 0.0325. The van der Waals surface area contributed by atoms with E-state index in [1.807, 2.05) is 9.80 Å². The van der Waals surface area contributed by atoms with Crippen molar-refractivity contribution < 1.29 is 9.59 Å². The van der Waals surface area contributed by atoms with Gasteiger partial charge in [0.15, 0.2) is 0 Å². The van der Waals surface area contributed by atoms with Crippen molar-refractivity contribution in [3.05, 3.63) is 0 Å². The van der Waals surface area contributed by atoms with E-state index in [1.54, 1.807) is 0 Å². The summed E-state index contributed by atoms with van der Waals surface area (Å²) in [5.74, 6) is 0.0762. The van der Waals surface area contributed by atoms with Gasteiger partial charge < -0.3 is 9.80 Å². The Kier molecular flexibility index (Phi) is 5.23. The third-order valence-corrected chi connectivity index (χ3v) is 4.43. The second-order valence-electron chi connectivity index (χ2n) is 5.76. The molecule has 0 radical (unpaired) electrons. The van der Waals surface area contributed by atoms with Crippen LogP contribution in [0.4, 0.5) is 0 Å². The molecule has 4 heteroatoms. The maximum absolute atomic E-state index is 12.3. The minimum Gasteiger partial charge on any atom is -0.342 e. The average Bonchev–Trinajstić information content (AvgIpc) is 2.48. The van der Waals surface area contributed by atoms with Crippen LogP contribution in [0.15, 0.2) is 0 Å². The molecule has 1 atom stereocenters. The van der Waals surface area contributed by atoms with Crippen molar-refractivity contribution in [2.24, 2.45) is 0 Å². The highest BCUT2D eigenvalue weighted by Crippen LogP contribution is 2.20. The minimum atomic E-state index is 0.0325. The van der Waals surface area contributed by atoms with Gasteiger partial charge in [0.05, 0.1) is 0 Å². The van der Waals surface area contributed by atoms with Crippen LogP contribution in [0.3, 0.4) is 0 Å². The SMILES string of the molecule is CCC1CCCCN1C(=O)CC(=O)N1CCCCC1. The molecule has 0 aromatic carbocycles. The third kappa shape index (κ3) is 3.71. The van der Waals surface area contributed by atoms with Crippen LogP contribution in [-0.4, -0.2) is 47.3 Å². The summed E-state index contributed by atoms with van der Waals surface area (Å²) in [6.07, 6.45) is 7.85. The summed E-state index contributed by atoms with van der Waals surface area (Å²) >= 11 is 0. The monoisotopic (exact) mass is 266 g/mol. The third-order valence-electron chi connectivity index (χ3n) is 4.43. The fraction of sp³-hybridized carbons (Fsp3) is 0.867. The molecule has 0 aliphatic carbocycles. The second kappa shape index (κ2) is 6.92. The number of likely N-dealkylation sites (tertiary alicyclic amines) is 2. The predicted octanol–water partition coefficient (Wildman–Crippen LogP) is 2.18. The highest BCUT2D eigenvalue weighted by atomic mass is 16.2. The van der Waals surface area contributed by atoms with Gasteiger partial charge >= 0.3 is 0 Å². The first-order valence-electron chi connectivity index (χ1n) is 7.79. The number of rotatable bonds is 3. The van der Waals surface area contributed by atoms with Crippen molar-refractivity contribution in [3.8, 4) is 0 Å². The molecule has 1 unspecified atom stereocenters. The van der Waals surface area contributed by atoms with E-state index >= 15 is 0 Å². The zero-order valence-corrected chi connectivity index (χ0v) is 12.1. The van der Waals surface area contributed by atoms with E-state index < -0.39 is 0 Å². The molecular weight excluding hydrogens is 240 g/mol. The lowest BCUT2D eigenvalue weighted by Crippen LogP contribution is -2.46. The molecule has 2 heterocycles. The van der Waals surface area contributed by atoms with Gasteiger partial charge in [-0.3, -0.25) is 9.59 Å². The molecule has 0 bridgehead atoms. The number of carbonyl (C=O) groups excluding carboxylic acids is 2. The molecule has 108 valence electrons. The number of hydrogen-bond donors (Lipinski definition) is 0. The maximum Gasteiger partial charge on any atom is 0.232 e. The zero-order chi connectivity index (χ0) is 13.7. The van der Waals surface area contributed by atoms with Gasteiger partial charge in [-0.25, -0.2) is 0 Å². The standard InChI is InChI=1S/C15H26N2O2/c1-2-13-8-4-7-11-17(13)15(19)12-14(18)16-9-5-3-6-10-16/h13H,2-12H2,1H3. The summed E-state index contributed by atoms with van der Waals surface area (Å²) in [7, 11) is 0. The number of hydrogen-bond acceptors (Lipinski definition) is 2. The van der Waals surface area contributed by atoms with E-state index in [0.29, 0.717) is 6.04 Å². The number of piperidine rings is 2. The Bertz CT molecular complexity index is 324. The van der Waals surface area contributed by atoms with Crippen molar-refractivity contribution in [1.29, 1.82) is 0 Å². The molecule has 2 aliphatic heterocycles. The van der Waals surface area contributed by atoms with Crippen LogP contribution in [0.1, 0.15) is 58.3 Å². The molecule has 0 spiro atoms. The molecule has 0 saturated carbocycles. The molecule has 2 amide bonds. The molecule has 2 aliphatic rings. The molecule has 0 aromatic heterocycles. The number of carbonyl (C=O) groups is 2. The molecule has 19 heavy (non-hydrogen) atoms. The number of nitrogens with zero attached hydrogens (tertiary/aromatic N) is 2. The Morgan fingerprint density at radius 2 is 1.63 bits per heavy atom. The summed E-state index contributed by atoms with van der Waals surface area (Å²) in [4.78, 5) is 28.2. The van der Waals surface area contributed by atoms with Crippen molar-refractivity contribution in [2.45, 2.75) is 64.3 Å². The predicted molar refractivity (Wildman–Crippen MR) is 74.7 cm³/mol. The van der Waals surface area contributed by atoms with Gasteiger partial charge in [0.1, 0.15) is 6.42 Å². The van der Waals surface area contributed by atoms with Crippen molar-refractivity contribution in [1.82, 2.24) is 9.80 Å². The quantitative estimate of drug-likeness (QED) is 0.735. The lowest BCUT2D eigenvalue weighted by molar-refractivity contribution is -0.143. The smallest absolute Gasteiger partial charge is 0.232 e. The van der Waals surface area contributed by atoms with E-state index in [0.717, 1.165) is 51.7 Å². The van der Waals surface area contributed by atoms with Gasteiger partial charge in [0, 0.05) is 25.7 Å². The molecule has 0 N–H and O–H groups in total. The highest BCUT2D eigenvalue weighted by molar-refractivity contribution is 5.97. The van der Waals surface area contributed by atoms with Crippen LogP contribution in [0.2, 0.25) is 0 Å². The first kappa shape index (κ1) is 14.4. The first-order valence-corrected chi connectivity index (χ1v) is 7.79. The van der Waals surface area contributed by atoms with E-state index in [4.69, 9.17) is 0 Å². The van der Waals surface area contributed by atoms with E-state index in [2.05, 4.69) is 6.92 Å². The average molecular weight is 266 g/mol. The fourth-order valence-electron chi connectivity index (χ4n) is 3.24.